The average molecular weight is 469 g/mol. The molecule has 0 aliphatic carbocycles. The lowest BCUT2D eigenvalue weighted by atomic mass is 9.91. The van der Waals surface area contributed by atoms with Gasteiger partial charge in [-0.15, -0.1) is 0 Å². The van der Waals surface area contributed by atoms with Crippen molar-refractivity contribution in [3.8, 4) is 11.5 Å². The van der Waals surface area contributed by atoms with Crippen molar-refractivity contribution < 1.29 is 38.9 Å². The first-order valence-corrected chi connectivity index (χ1v) is 10.3. The van der Waals surface area contributed by atoms with Crippen LogP contribution in [0.5, 0.6) is 11.5 Å². The monoisotopic (exact) mass is 469 g/mol. The second-order valence-electron chi connectivity index (χ2n) is 7.60. The summed E-state index contributed by atoms with van der Waals surface area (Å²) < 4.78 is 11.3. The summed E-state index contributed by atoms with van der Waals surface area (Å²) in [4.78, 5) is 52.1. The molecule has 1 atom stereocenters. The molecule has 0 bridgehead atoms. The van der Waals surface area contributed by atoms with Gasteiger partial charge in [0.05, 0.1) is 24.6 Å². The van der Waals surface area contributed by atoms with Gasteiger partial charge in [-0.05, 0) is 31.0 Å². The number of benzene rings is 2. The highest BCUT2D eigenvalue weighted by Gasteiger charge is 2.27. The Kier molecular flexibility index (Phi) is 7.46. The number of ketones is 1. The number of nitrogens with two attached hydrogens (primary N) is 2. The Bertz CT molecular complexity index is 1170. The normalized spacial score (nSPS) is 13.8. The van der Waals surface area contributed by atoms with Crippen LogP contribution in [-0.4, -0.2) is 46.5 Å². The molecular weight excluding hydrogens is 446 g/mol. The van der Waals surface area contributed by atoms with Crippen molar-refractivity contribution in [1.82, 2.24) is 0 Å². The van der Waals surface area contributed by atoms with Crippen molar-refractivity contribution in [2.75, 3.05) is 6.61 Å². The van der Waals surface area contributed by atoms with E-state index in [2.05, 4.69) is 4.99 Å². The van der Waals surface area contributed by atoms with Gasteiger partial charge in [-0.2, -0.15) is 0 Å². The van der Waals surface area contributed by atoms with Crippen LogP contribution < -0.4 is 20.9 Å². The smallest absolute Gasteiger partial charge is 0.347 e. The first-order chi connectivity index (χ1) is 16.2. The molecule has 0 amide bonds. The molecular formula is C23H23N3O8. The van der Waals surface area contributed by atoms with E-state index in [1.165, 1.54) is 36.4 Å². The quantitative estimate of drug-likeness (QED) is 0.153. The maximum atomic E-state index is 12.9. The molecule has 0 spiro atoms. The minimum absolute atomic E-state index is 0.131. The van der Waals surface area contributed by atoms with E-state index in [1.807, 2.05) is 0 Å². The van der Waals surface area contributed by atoms with Gasteiger partial charge in [0.15, 0.2) is 11.7 Å². The van der Waals surface area contributed by atoms with E-state index in [4.69, 9.17) is 26.0 Å². The van der Waals surface area contributed by atoms with Crippen LogP contribution in [0.2, 0.25) is 0 Å². The number of carbonyl (C=O) groups excluding carboxylic acids is 2. The third kappa shape index (κ3) is 5.88. The van der Waals surface area contributed by atoms with Gasteiger partial charge in [0.25, 0.3) is 0 Å². The molecule has 6 N–H and O–H groups in total. The van der Waals surface area contributed by atoms with E-state index in [-0.39, 0.29) is 35.2 Å². The fourth-order valence-corrected chi connectivity index (χ4v) is 3.58. The van der Waals surface area contributed by atoms with Gasteiger partial charge >= 0.3 is 17.9 Å². The number of esters is 1. The zero-order valence-corrected chi connectivity index (χ0v) is 18.0. The molecule has 1 aliphatic rings. The van der Waals surface area contributed by atoms with E-state index in [9.17, 15) is 24.3 Å². The number of fused-ring (bicyclic) bond motifs is 2. The topological polar surface area (TPSA) is 192 Å². The average Bonchev–Trinajstić information content (AvgIpc) is 2.75. The molecule has 3 rings (SSSR count). The van der Waals surface area contributed by atoms with E-state index >= 15 is 0 Å². The zero-order valence-electron chi connectivity index (χ0n) is 18.0. The van der Waals surface area contributed by atoms with Gasteiger partial charge in [-0.3, -0.25) is 14.4 Å². The van der Waals surface area contributed by atoms with Crippen LogP contribution in [-0.2, 0) is 16.0 Å². The number of carboxylic acids is 2. The minimum atomic E-state index is -1.38. The predicted molar refractivity (Wildman–Crippen MR) is 119 cm³/mol. The molecule has 11 nitrogen and oxygen atoms in total. The lowest BCUT2D eigenvalue weighted by molar-refractivity contribution is -0.148. The Morgan fingerprint density at radius 1 is 1.06 bits per heavy atom. The van der Waals surface area contributed by atoms with Gasteiger partial charge in [-0.25, -0.2) is 9.79 Å². The Hall–Kier alpha value is -4.41. The molecule has 0 radical (unpaired) electrons. The fraction of sp³-hybridized carbons (Fsp3) is 0.261. The molecule has 1 aliphatic heterocycles. The molecule has 1 heterocycles. The maximum Gasteiger partial charge on any atom is 0.347 e. The van der Waals surface area contributed by atoms with Crippen molar-refractivity contribution in [3.63, 3.8) is 0 Å². The number of Topliss-reactive ketones (excluding diaryl/α,β-unsaturated/α-hetero) is 1. The minimum Gasteiger partial charge on any atom is -0.493 e. The number of carbonyl (C=O) groups is 4. The standard InChI is InChI=1S/C23H23N3O8/c24-23(25)26-13-6-7-16-19(11-13)33-8-2-4-15-14(3-1-5-18(15)34-22(16)32)17(27)9-12(21(30)31)10-20(28)29/h1,3,5-7,11-12H,2,4,8-10H2,(H,28,29)(H,30,31)(H4,24,25,26)/t12-/m0/s1. The van der Waals surface area contributed by atoms with E-state index in [1.54, 1.807) is 0 Å². The lowest BCUT2D eigenvalue weighted by Gasteiger charge is -2.19. The highest BCUT2D eigenvalue weighted by Crippen LogP contribution is 2.31. The summed E-state index contributed by atoms with van der Waals surface area (Å²) in [6, 6.07) is 9.02. The largest absolute Gasteiger partial charge is 0.493 e. The van der Waals surface area contributed by atoms with Crippen LogP contribution in [0, 0.1) is 5.92 Å². The summed E-state index contributed by atoms with van der Waals surface area (Å²) in [5, 5.41) is 18.2. The summed E-state index contributed by atoms with van der Waals surface area (Å²) in [6.07, 6.45) is -0.446. The summed E-state index contributed by atoms with van der Waals surface area (Å²) >= 11 is 0. The Balaban J connectivity index is 1.93. The Morgan fingerprint density at radius 2 is 1.82 bits per heavy atom. The van der Waals surface area contributed by atoms with Crippen molar-refractivity contribution >= 4 is 35.3 Å². The number of nitrogens with zero attached hydrogens (tertiary/aromatic N) is 1. The summed E-state index contributed by atoms with van der Waals surface area (Å²) in [5.74, 6) is -5.11. The number of aliphatic carboxylic acids is 2. The number of ether oxygens (including phenoxy) is 2. The molecule has 0 fully saturated rings. The fourth-order valence-electron chi connectivity index (χ4n) is 3.58. The van der Waals surface area contributed by atoms with E-state index < -0.39 is 42.5 Å². The third-order valence-corrected chi connectivity index (χ3v) is 5.11. The molecule has 178 valence electrons. The van der Waals surface area contributed by atoms with Crippen molar-refractivity contribution in [3.05, 3.63) is 53.1 Å². The van der Waals surface area contributed by atoms with Crippen LogP contribution in [0.1, 0.15) is 45.5 Å². The van der Waals surface area contributed by atoms with Crippen LogP contribution in [0.4, 0.5) is 5.69 Å². The second kappa shape index (κ2) is 10.5. The molecule has 34 heavy (non-hydrogen) atoms. The van der Waals surface area contributed by atoms with Crippen LogP contribution in [0.15, 0.2) is 41.4 Å². The molecule has 2 aromatic carbocycles. The van der Waals surface area contributed by atoms with Gasteiger partial charge < -0.3 is 31.2 Å². The maximum absolute atomic E-state index is 12.9. The predicted octanol–water partition coefficient (Wildman–Crippen LogP) is 1.88. The number of guanidine groups is 1. The SMILES string of the molecule is NC(N)=Nc1ccc2c(c1)OCCCc1c(cccc1C(=O)C[C@@H](CC(=O)O)C(=O)O)OC2=O. The summed E-state index contributed by atoms with van der Waals surface area (Å²) in [5.41, 5.74) is 11.9. The zero-order chi connectivity index (χ0) is 24.8. The first-order valence-electron chi connectivity index (χ1n) is 10.3. The van der Waals surface area contributed by atoms with Crippen molar-refractivity contribution in [2.45, 2.75) is 25.7 Å². The molecule has 11 heteroatoms. The highest BCUT2D eigenvalue weighted by atomic mass is 16.5. The molecule has 0 saturated carbocycles. The van der Waals surface area contributed by atoms with Crippen LogP contribution >= 0.6 is 0 Å². The number of carboxylic acid groups (broad SMARTS) is 2. The van der Waals surface area contributed by atoms with Crippen molar-refractivity contribution in [1.29, 1.82) is 0 Å². The van der Waals surface area contributed by atoms with E-state index in [0.29, 0.717) is 24.1 Å². The highest BCUT2D eigenvalue weighted by molar-refractivity contribution is 6.01. The first kappa shape index (κ1) is 24.2. The van der Waals surface area contributed by atoms with Gasteiger partial charge in [0, 0.05) is 23.6 Å². The third-order valence-electron chi connectivity index (χ3n) is 5.11. The molecule has 0 saturated heterocycles. The number of aliphatic imine (C=N–C) groups is 1. The summed E-state index contributed by atoms with van der Waals surface area (Å²) in [7, 11) is 0. The van der Waals surface area contributed by atoms with Gasteiger partial charge in [0.1, 0.15) is 17.1 Å². The number of rotatable bonds is 7. The molecule has 0 unspecified atom stereocenters. The van der Waals surface area contributed by atoms with Gasteiger partial charge in [-0.1, -0.05) is 12.1 Å². The second-order valence-corrected chi connectivity index (χ2v) is 7.60. The van der Waals surface area contributed by atoms with Crippen molar-refractivity contribution in [2.24, 2.45) is 22.4 Å². The molecule has 0 aromatic heterocycles. The van der Waals surface area contributed by atoms with Gasteiger partial charge in [0.2, 0.25) is 0 Å². The Labute approximate surface area is 194 Å². The number of hydrogen-bond donors (Lipinski definition) is 4. The lowest BCUT2D eigenvalue weighted by Crippen LogP contribution is -2.22. The summed E-state index contributed by atoms with van der Waals surface area (Å²) in [6.45, 7) is 0.199. The van der Waals surface area contributed by atoms with Crippen LogP contribution in [0.3, 0.4) is 0 Å². The van der Waals surface area contributed by atoms with E-state index in [0.717, 1.165) is 0 Å². The van der Waals surface area contributed by atoms with Crippen LogP contribution in [0.25, 0.3) is 0 Å². The Morgan fingerprint density at radius 3 is 2.50 bits per heavy atom. The number of hydrogen-bond acceptors (Lipinski definition) is 7. The molecule has 2 aromatic rings.